The van der Waals surface area contributed by atoms with Crippen molar-refractivity contribution in [3.63, 3.8) is 0 Å². The van der Waals surface area contributed by atoms with E-state index in [0.717, 1.165) is 5.56 Å². The number of halogens is 1. The van der Waals surface area contributed by atoms with Crippen LogP contribution in [-0.2, 0) is 10.3 Å². The van der Waals surface area contributed by atoms with E-state index in [-0.39, 0.29) is 11.6 Å². The lowest BCUT2D eigenvalue weighted by molar-refractivity contribution is 0.266. The molecule has 1 atom stereocenters. The van der Waals surface area contributed by atoms with Gasteiger partial charge in [-0.2, -0.15) is 0 Å². The van der Waals surface area contributed by atoms with Crippen LogP contribution in [0.4, 0.5) is 0 Å². The average molecular weight is 211 g/mol. The van der Waals surface area contributed by atoms with Crippen LogP contribution < -0.4 is 5.73 Å². The molecule has 74 valence electrons. The van der Waals surface area contributed by atoms with Crippen molar-refractivity contribution in [3.8, 4) is 0 Å². The van der Waals surface area contributed by atoms with Crippen molar-refractivity contribution in [2.24, 2.45) is 10.7 Å². The summed E-state index contributed by atoms with van der Waals surface area (Å²) in [6, 6.07) is 7.81. The van der Waals surface area contributed by atoms with Crippen molar-refractivity contribution in [3.05, 3.63) is 34.9 Å². The van der Waals surface area contributed by atoms with Crippen LogP contribution in [0, 0.1) is 0 Å². The van der Waals surface area contributed by atoms with E-state index in [4.69, 9.17) is 22.1 Å². The Hall–Kier alpha value is -1.22. The number of hydrogen-bond acceptors (Lipinski definition) is 3. The SMILES string of the molecule is C[C@]1(c2ccc(Cl)cc2)COC(N)=N1. The lowest BCUT2D eigenvalue weighted by Gasteiger charge is -2.18. The fourth-order valence-electron chi connectivity index (χ4n) is 1.48. The topological polar surface area (TPSA) is 47.6 Å². The number of nitrogens with zero attached hydrogens (tertiary/aromatic N) is 1. The van der Waals surface area contributed by atoms with E-state index >= 15 is 0 Å². The number of amidine groups is 1. The third-order valence-electron chi connectivity index (χ3n) is 2.32. The zero-order valence-corrected chi connectivity index (χ0v) is 8.58. The van der Waals surface area contributed by atoms with E-state index in [1.54, 1.807) is 0 Å². The van der Waals surface area contributed by atoms with E-state index in [1.165, 1.54) is 0 Å². The van der Waals surface area contributed by atoms with Gasteiger partial charge in [0.05, 0.1) is 0 Å². The molecule has 2 rings (SSSR count). The lowest BCUT2D eigenvalue weighted by atomic mass is 9.94. The summed E-state index contributed by atoms with van der Waals surface area (Å²) in [7, 11) is 0. The van der Waals surface area contributed by atoms with Crippen LogP contribution in [-0.4, -0.2) is 12.6 Å². The molecule has 1 aliphatic rings. The van der Waals surface area contributed by atoms with E-state index in [9.17, 15) is 0 Å². The van der Waals surface area contributed by atoms with Crippen LogP contribution >= 0.6 is 11.6 Å². The van der Waals surface area contributed by atoms with Crippen molar-refractivity contribution >= 4 is 17.6 Å². The molecule has 3 nitrogen and oxygen atoms in total. The predicted molar refractivity (Wildman–Crippen MR) is 56.4 cm³/mol. The zero-order valence-electron chi connectivity index (χ0n) is 7.83. The summed E-state index contributed by atoms with van der Waals surface area (Å²) in [5, 5.41) is 0.716. The van der Waals surface area contributed by atoms with Crippen molar-refractivity contribution in [2.45, 2.75) is 12.5 Å². The Bertz CT molecular complexity index is 374. The molecule has 14 heavy (non-hydrogen) atoms. The molecule has 0 fully saturated rings. The highest BCUT2D eigenvalue weighted by atomic mass is 35.5. The highest BCUT2D eigenvalue weighted by Crippen LogP contribution is 2.30. The van der Waals surface area contributed by atoms with Gasteiger partial charge < -0.3 is 10.5 Å². The molecule has 0 saturated carbocycles. The average Bonchev–Trinajstić information content (AvgIpc) is 2.48. The molecule has 0 unspecified atom stereocenters. The largest absolute Gasteiger partial charge is 0.462 e. The predicted octanol–water partition coefficient (Wildman–Crippen LogP) is 1.90. The maximum absolute atomic E-state index is 5.80. The summed E-state index contributed by atoms with van der Waals surface area (Å²) in [5.41, 5.74) is 6.17. The lowest BCUT2D eigenvalue weighted by Crippen LogP contribution is -2.20. The molecule has 0 spiro atoms. The highest BCUT2D eigenvalue weighted by molar-refractivity contribution is 6.30. The van der Waals surface area contributed by atoms with Crippen LogP contribution in [0.25, 0.3) is 0 Å². The van der Waals surface area contributed by atoms with Gasteiger partial charge in [0.15, 0.2) is 0 Å². The molecule has 1 aromatic rings. The van der Waals surface area contributed by atoms with Gasteiger partial charge in [0.1, 0.15) is 12.1 Å². The normalized spacial score (nSPS) is 25.7. The number of rotatable bonds is 1. The Morgan fingerprint density at radius 3 is 2.57 bits per heavy atom. The summed E-state index contributed by atoms with van der Waals surface area (Å²) < 4.78 is 5.15. The monoisotopic (exact) mass is 210 g/mol. The maximum atomic E-state index is 5.80. The molecule has 0 bridgehead atoms. The summed E-state index contributed by atoms with van der Waals surface area (Å²) in [6.45, 7) is 2.47. The van der Waals surface area contributed by atoms with Crippen LogP contribution in [0.15, 0.2) is 29.3 Å². The zero-order chi connectivity index (χ0) is 10.2. The number of benzene rings is 1. The number of ether oxygens (including phenoxy) is 1. The third-order valence-corrected chi connectivity index (χ3v) is 2.58. The Kier molecular flexibility index (Phi) is 2.11. The quantitative estimate of drug-likeness (QED) is 0.770. The smallest absolute Gasteiger partial charge is 0.283 e. The third kappa shape index (κ3) is 1.55. The van der Waals surface area contributed by atoms with Gasteiger partial charge in [-0.15, -0.1) is 0 Å². The number of hydrogen-bond donors (Lipinski definition) is 1. The molecule has 0 aliphatic carbocycles. The van der Waals surface area contributed by atoms with E-state index in [1.807, 2.05) is 31.2 Å². The molecule has 2 N–H and O–H groups in total. The van der Waals surface area contributed by atoms with Crippen LogP contribution in [0.3, 0.4) is 0 Å². The van der Waals surface area contributed by atoms with Gasteiger partial charge in [0.2, 0.25) is 0 Å². The molecule has 0 saturated heterocycles. The minimum atomic E-state index is -0.366. The van der Waals surface area contributed by atoms with Crippen LogP contribution in [0.2, 0.25) is 5.02 Å². The summed E-state index contributed by atoms with van der Waals surface area (Å²) in [6.07, 6.45) is 0. The second-order valence-corrected chi connectivity index (χ2v) is 3.96. The van der Waals surface area contributed by atoms with Crippen molar-refractivity contribution in [1.82, 2.24) is 0 Å². The second kappa shape index (κ2) is 3.17. The van der Waals surface area contributed by atoms with Gasteiger partial charge in [-0.05, 0) is 24.6 Å². The molecular formula is C10H11ClN2O. The number of nitrogens with two attached hydrogens (primary N) is 1. The Balaban J connectivity index is 2.35. The first kappa shape index (κ1) is 9.34. The van der Waals surface area contributed by atoms with Crippen molar-refractivity contribution in [1.29, 1.82) is 0 Å². The van der Waals surface area contributed by atoms with Gasteiger partial charge in [-0.3, -0.25) is 0 Å². The first-order chi connectivity index (χ1) is 6.60. The molecule has 0 amide bonds. The molecule has 1 aromatic carbocycles. The first-order valence-electron chi connectivity index (χ1n) is 4.34. The van der Waals surface area contributed by atoms with Gasteiger partial charge in [-0.1, -0.05) is 23.7 Å². The van der Waals surface area contributed by atoms with Gasteiger partial charge in [-0.25, -0.2) is 4.99 Å². The van der Waals surface area contributed by atoms with Gasteiger partial charge >= 0.3 is 0 Å². The second-order valence-electron chi connectivity index (χ2n) is 3.52. The van der Waals surface area contributed by atoms with E-state index in [2.05, 4.69) is 4.99 Å². The van der Waals surface area contributed by atoms with Crippen LogP contribution in [0.5, 0.6) is 0 Å². The fraction of sp³-hybridized carbons (Fsp3) is 0.300. The van der Waals surface area contributed by atoms with E-state index in [0.29, 0.717) is 11.6 Å². The molecule has 1 heterocycles. The fourth-order valence-corrected chi connectivity index (χ4v) is 1.61. The Morgan fingerprint density at radius 1 is 1.43 bits per heavy atom. The Labute approximate surface area is 87.5 Å². The van der Waals surface area contributed by atoms with Crippen LogP contribution in [0.1, 0.15) is 12.5 Å². The molecule has 1 aliphatic heterocycles. The molecule has 0 radical (unpaired) electrons. The summed E-state index contributed by atoms with van der Waals surface area (Å²) in [4.78, 5) is 4.25. The van der Waals surface area contributed by atoms with Gasteiger partial charge in [0.25, 0.3) is 6.02 Å². The minimum Gasteiger partial charge on any atom is -0.462 e. The standard InChI is InChI=1S/C10H11ClN2O/c1-10(6-14-9(12)13-10)7-2-4-8(11)5-3-7/h2-5H,6H2,1H3,(H2,12,13)/t10-/m1/s1. The van der Waals surface area contributed by atoms with Gasteiger partial charge in [0, 0.05) is 5.02 Å². The molecular weight excluding hydrogens is 200 g/mol. The molecule has 0 aromatic heterocycles. The minimum absolute atomic E-state index is 0.252. The van der Waals surface area contributed by atoms with Crippen molar-refractivity contribution < 1.29 is 4.74 Å². The van der Waals surface area contributed by atoms with Crippen molar-refractivity contribution in [2.75, 3.05) is 6.61 Å². The number of aliphatic imine (C=N–C) groups is 1. The molecule has 4 heteroatoms. The Morgan fingerprint density at radius 2 is 2.07 bits per heavy atom. The highest BCUT2D eigenvalue weighted by Gasteiger charge is 2.32. The van der Waals surface area contributed by atoms with E-state index < -0.39 is 0 Å². The summed E-state index contributed by atoms with van der Waals surface area (Å²) >= 11 is 5.80. The first-order valence-corrected chi connectivity index (χ1v) is 4.72. The summed E-state index contributed by atoms with van der Waals surface area (Å²) in [5.74, 6) is 0. The maximum Gasteiger partial charge on any atom is 0.283 e.